The third kappa shape index (κ3) is 8.30. The summed E-state index contributed by atoms with van der Waals surface area (Å²) < 4.78 is 1.16. The Morgan fingerprint density at radius 2 is 1.71 bits per heavy atom. The SMILES string of the molecule is Cc1ccc(Cc2cccc([C@H](CC(=O)[O-])NC(=O)Nc3c([O-])ccn(C)c3=O)c2)cc1.[Na+].[Na+]. The van der Waals surface area contributed by atoms with E-state index < -0.39 is 41.5 Å². The molecule has 10 heteroatoms. The van der Waals surface area contributed by atoms with Gasteiger partial charge in [0.1, 0.15) is 5.69 Å². The van der Waals surface area contributed by atoms with Gasteiger partial charge in [-0.25, -0.2) is 4.79 Å². The minimum atomic E-state index is -1.35. The number of nitrogens with one attached hydrogen (secondary N) is 2. The molecule has 8 nitrogen and oxygen atoms in total. The van der Waals surface area contributed by atoms with Gasteiger partial charge in [-0.15, -0.1) is 0 Å². The molecule has 0 spiro atoms. The van der Waals surface area contributed by atoms with Crippen LogP contribution in [-0.4, -0.2) is 16.6 Å². The Kier molecular flexibility index (Phi) is 12.1. The van der Waals surface area contributed by atoms with Gasteiger partial charge in [-0.05, 0) is 30.0 Å². The first-order chi connectivity index (χ1) is 15.2. The van der Waals surface area contributed by atoms with E-state index in [1.807, 2.05) is 43.3 Å². The van der Waals surface area contributed by atoms with Crippen LogP contribution in [0.3, 0.4) is 0 Å². The van der Waals surface area contributed by atoms with Crippen molar-refractivity contribution in [3.05, 3.63) is 93.4 Å². The molecule has 0 aliphatic heterocycles. The Balaban J connectivity index is 0.00000289. The molecule has 3 rings (SSSR count). The number of carbonyl (C=O) groups excluding carboxylic acids is 2. The van der Waals surface area contributed by atoms with E-state index in [1.54, 1.807) is 12.1 Å². The Hall–Kier alpha value is -2.07. The van der Waals surface area contributed by atoms with Crippen molar-refractivity contribution in [2.24, 2.45) is 7.05 Å². The smallest absolute Gasteiger partial charge is 0.871 e. The van der Waals surface area contributed by atoms with Gasteiger partial charge >= 0.3 is 65.1 Å². The first-order valence-corrected chi connectivity index (χ1v) is 10.0. The molecule has 2 N–H and O–H groups in total. The molecule has 1 atom stereocenters. The van der Waals surface area contributed by atoms with Crippen LogP contribution in [0.25, 0.3) is 0 Å². The number of anilines is 1. The Morgan fingerprint density at radius 1 is 1.03 bits per heavy atom. The van der Waals surface area contributed by atoms with E-state index in [-0.39, 0.29) is 59.1 Å². The van der Waals surface area contributed by atoms with Crippen LogP contribution in [0.4, 0.5) is 10.5 Å². The van der Waals surface area contributed by atoms with Gasteiger partial charge in [0.05, 0.1) is 6.04 Å². The molecule has 3 aromatic rings. The molecule has 0 aliphatic carbocycles. The number of carbonyl (C=O) groups is 2. The molecule has 0 unspecified atom stereocenters. The van der Waals surface area contributed by atoms with Gasteiger partial charge in [0.2, 0.25) is 0 Å². The van der Waals surface area contributed by atoms with E-state index in [0.717, 1.165) is 27.3 Å². The van der Waals surface area contributed by atoms with Crippen LogP contribution in [-0.2, 0) is 18.3 Å². The summed E-state index contributed by atoms with van der Waals surface area (Å²) in [6.07, 6.45) is 1.46. The maximum Gasteiger partial charge on any atom is 1.00 e. The van der Waals surface area contributed by atoms with E-state index in [2.05, 4.69) is 10.6 Å². The summed E-state index contributed by atoms with van der Waals surface area (Å²) in [4.78, 5) is 35.9. The molecule has 0 fully saturated rings. The fourth-order valence-electron chi connectivity index (χ4n) is 3.32. The summed E-state index contributed by atoms with van der Waals surface area (Å²) in [7, 11) is 1.45. The zero-order valence-corrected chi connectivity index (χ0v) is 23.8. The van der Waals surface area contributed by atoms with Gasteiger partial charge in [-0.2, -0.15) is 0 Å². The van der Waals surface area contributed by atoms with E-state index in [0.29, 0.717) is 12.0 Å². The van der Waals surface area contributed by atoms with Crippen LogP contribution in [0.5, 0.6) is 5.75 Å². The Labute approximate surface area is 242 Å². The fourth-order valence-corrected chi connectivity index (χ4v) is 3.32. The predicted octanol–water partition coefficient (Wildman–Crippen LogP) is -4.63. The molecule has 0 aliphatic rings. The van der Waals surface area contributed by atoms with E-state index in [1.165, 1.54) is 13.2 Å². The standard InChI is InChI=1S/C24H25N3O5.2Na/c1-15-6-8-16(9-7-15)12-17-4-3-5-18(13-17)19(14-21(29)30)25-24(32)26-22-20(28)10-11-27(2)23(22)31;;/h3-11,13,19,28H,12,14H2,1-2H3,(H,29,30)(H2,25,26,32);;/q;2*+1/p-2/t19-;;/m0../s1. The number of aromatic nitrogens is 1. The van der Waals surface area contributed by atoms with Crippen molar-refractivity contribution in [1.29, 1.82) is 0 Å². The monoisotopic (exact) mass is 479 g/mol. The second-order valence-corrected chi connectivity index (χ2v) is 7.61. The molecule has 0 saturated heterocycles. The molecule has 1 heterocycles. The van der Waals surface area contributed by atoms with Crippen molar-refractivity contribution < 1.29 is 78.9 Å². The summed E-state index contributed by atoms with van der Waals surface area (Å²) in [5, 5.41) is 28.0. The maximum atomic E-state index is 12.5. The van der Waals surface area contributed by atoms with Crippen LogP contribution in [0.1, 0.15) is 34.7 Å². The van der Waals surface area contributed by atoms with Gasteiger partial charge in [0.15, 0.2) is 0 Å². The number of carboxylic acids is 1. The molecular weight excluding hydrogens is 456 g/mol. The van der Waals surface area contributed by atoms with Crippen LogP contribution >= 0.6 is 0 Å². The van der Waals surface area contributed by atoms with Crippen molar-refractivity contribution in [2.75, 3.05) is 5.32 Å². The largest absolute Gasteiger partial charge is 1.00 e. The van der Waals surface area contributed by atoms with Crippen molar-refractivity contribution in [3.8, 4) is 5.75 Å². The minimum Gasteiger partial charge on any atom is -0.871 e. The molecule has 0 saturated carbocycles. The number of benzene rings is 2. The first-order valence-electron chi connectivity index (χ1n) is 10.0. The topological polar surface area (TPSA) is 126 Å². The van der Waals surface area contributed by atoms with Crippen LogP contribution in [0, 0.1) is 6.92 Å². The molecular formula is C24H23N3Na2O5. The normalized spacial score (nSPS) is 10.9. The van der Waals surface area contributed by atoms with Gasteiger partial charge < -0.3 is 30.2 Å². The van der Waals surface area contributed by atoms with Crippen molar-refractivity contribution in [3.63, 3.8) is 0 Å². The number of urea groups is 1. The number of rotatable bonds is 7. The van der Waals surface area contributed by atoms with Crippen molar-refractivity contribution in [2.45, 2.75) is 25.8 Å². The van der Waals surface area contributed by atoms with Crippen LogP contribution in [0.2, 0.25) is 0 Å². The molecule has 2 aromatic carbocycles. The Bertz CT molecular complexity index is 1200. The third-order valence-electron chi connectivity index (χ3n) is 5.03. The number of aliphatic carboxylic acids is 1. The average molecular weight is 479 g/mol. The molecule has 2 amide bonds. The third-order valence-corrected chi connectivity index (χ3v) is 5.03. The Morgan fingerprint density at radius 3 is 2.35 bits per heavy atom. The number of carboxylic acid groups (broad SMARTS) is 1. The van der Waals surface area contributed by atoms with E-state index >= 15 is 0 Å². The van der Waals surface area contributed by atoms with Crippen LogP contribution in [0.15, 0.2) is 65.6 Å². The fraction of sp³-hybridized carbons (Fsp3) is 0.208. The number of nitrogens with zero attached hydrogens (tertiary/aromatic N) is 1. The second-order valence-electron chi connectivity index (χ2n) is 7.61. The van der Waals surface area contributed by atoms with E-state index in [4.69, 9.17) is 0 Å². The number of pyridine rings is 1. The molecule has 0 radical (unpaired) electrons. The number of amides is 2. The molecule has 0 bridgehead atoms. The number of hydrogen-bond donors (Lipinski definition) is 2. The molecule has 166 valence electrons. The van der Waals surface area contributed by atoms with Crippen molar-refractivity contribution >= 4 is 17.7 Å². The summed E-state index contributed by atoms with van der Waals surface area (Å²) in [5.41, 5.74) is 2.68. The van der Waals surface area contributed by atoms with E-state index in [9.17, 15) is 24.6 Å². The number of aryl methyl sites for hydroxylation is 2. The van der Waals surface area contributed by atoms with Gasteiger partial charge in [0.25, 0.3) is 5.56 Å². The molecule has 34 heavy (non-hydrogen) atoms. The van der Waals surface area contributed by atoms with Gasteiger partial charge in [0, 0.05) is 25.6 Å². The predicted molar refractivity (Wildman–Crippen MR) is 116 cm³/mol. The summed E-state index contributed by atoms with van der Waals surface area (Å²) in [6, 6.07) is 14.7. The maximum absolute atomic E-state index is 12.5. The van der Waals surface area contributed by atoms with Gasteiger partial charge in [-0.1, -0.05) is 65.9 Å². The number of hydrogen-bond acceptors (Lipinski definition) is 5. The average Bonchev–Trinajstić information content (AvgIpc) is 2.75. The quantitative estimate of drug-likeness (QED) is 0.330. The zero-order valence-electron chi connectivity index (χ0n) is 19.8. The zero-order chi connectivity index (χ0) is 23.3. The summed E-state index contributed by atoms with van der Waals surface area (Å²) >= 11 is 0. The summed E-state index contributed by atoms with van der Waals surface area (Å²) in [6.45, 7) is 2.01. The first kappa shape index (κ1) is 30.0. The summed E-state index contributed by atoms with van der Waals surface area (Å²) in [5.74, 6) is -1.99. The minimum absolute atomic E-state index is 0. The van der Waals surface area contributed by atoms with Crippen molar-refractivity contribution in [1.82, 2.24) is 9.88 Å². The van der Waals surface area contributed by atoms with Crippen LogP contribution < -0.4 is 85.5 Å². The molecule has 1 aromatic heterocycles. The van der Waals surface area contributed by atoms with Gasteiger partial charge in [-0.3, -0.25) is 4.79 Å². The second kappa shape index (κ2) is 13.7.